The highest BCUT2D eigenvalue weighted by Crippen LogP contribution is 2.41. The minimum Gasteiger partial charge on any atom is -0.306 e. The Hall–Kier alpha value is -0.0400. The first-order valence-corrected chi connectivity index (χ1v) is 10.4. The molecule has 0 aliphatic heterocycles. The van der Waals surface area contributed by atoms with E-state index in [9.17, 15) is 0 Å². The lowest BCUT2D eigenvalue weighted by molar-refractivity contribution is 0.123. The van der Waals surface area contributed by atoms with Crippen LogP contribution < -0.4 is 0 Å². The average molecular weight is 308 g/mol. The van der Waals surface area contributed by atoms with Crippen LogP contribution >= 0.6 is 0 Å². The van der Waals surface area contributed by atoms with Crippen LogP contribution in [0.4, 0.5) is 0 Å². The quantitative estimate of drug-likeness (QED) is 0.477. The summed E-state index contributed by atoms with van der Waals surface area (Å²) >= 11 is 0. The van der Waals surface area contributed by atoms with Crippen molar-refractivity contribution in [3.05, 3.63) is 0 Å². The molecular weight excluding hydrogens is 266 g/mol. The van der Waals surface area contributed by atoms with Crippen molar-refractivity contribution < 1.29 is 0 Å². The Balaban J connectivity index is 1.57. The minimum absolute atomic E-state index is 0.871. The largest absolute Gasteiger partial charge is 0.306 e. The molecule has 2 rings (SSSR count). The maximum atomic E-state index is 2.45. The fourth-order valence-corrected chi connectivity index (χ4v) is 5.07. The van der Waals surface area contributed by atoms with E-state index in [0.717, 1.165) is 23.8 Å². The second-order valence-corrected chi connectivity index (χ2v) is 8.52. The first-order valence-electron chi connectivity index (χ1n) is 10.4. The van der Waals surface area contributed by atoms with Gasteiger partial charge >= 0.3 is 0 Å². The molecule has 1 heteroatoms. The maximum absolute atomic E-state index is 2.45. The van der Waals surface area contributed by atoms with E-state index in [1.807, 2.05) is 0 Å². The average Bonchev–Trinajstić information content (AvgIpc) is 2.55. The molecule has 2 fully saturated rings. The predicted molar refractivity (Wildman–Crippen MR) is 98.3 cm³/mol. The van der Waals surface area contributed by atoms with E-state index in [1.165, 1.54) is 64.2 Å². The summed E-state index contributed by atoms with van der Waals surface area (Å²) in [5.74, 6) is 3.23. The minimum atomic E-state index is 0.871. The molecule has 0 aromatic heterocycles. The Morgan fingerprint density at radius 1 is 0.682 bits per heavy atom. The van der Waals surface area contributed by atoms with E-state index in [2.05, 4.69) is 25.9 Å². The SMILES string of the molecule is CCCCCCCC1CCC(C2CCC(N(C)C)CC2)CC1. The predicted octanol–water partition coefficient (Wildman–Crippen LogP) is 6.27. The second-order valence-electron chi connectivity index (χ2n) is 8.52. The van der Waals surface area contributed by atoms with Crippen molar-refractivity contribution in [1.82, 2.24) is 4.90 Å². The van der Waals surface area contributed by atoms with E-state index in [4.69, 9.17) is 0 Å². The first-order chi connectivity index (χ1) is 10.7. The van der Waals surface area contributed by atoms with Gasteiger partial charge in [-0.15, -0.1) is 0 Å². The molecule has 0 bridgehead atoms. The summed E-state index contributed by atoms with van der Waals surface area (Å²) in [6.45, 7) is 2.31. The zero-order chi connectivity index (χ0) is 15.8. The molecule has 0 spiro atoms. The first kappa shape index (κ1) is 18.3. The molecule has 130 valence electrons. The third-order valence-electron chi connectivity index (χ3n) is 6.75. The molecule has 0 heterocycles. The fourth-order valence-electron chi connectivity index (χ4n) is 5.07. The van der Waals surface area contributed by atoms with Crippen molar-refractivity contribution in [3.8, 4) is 0 Å². The van der Waals surface area contributed by atoms with Crippen molar-refractivity contribution in [3.63, 3.8) is 0 Å². The molecule has 0 saturated heterocycles. The zero-order valence-corrected chi connectivity index (χ0v) is 15.7. The van der Waals surface area contributed by atoms with Gasteiger partial charge in [-0.2, -0.15) is 0 Å². The number of hydrogen-bond acceptors (Lipinski definition) is 1. The number of rotatable bonds is 8. The normalized spacial score (nSPS) is 33.3. The Morgan fingerprint density at radius 3 is 1.77 bits per heavy atom. The topological polar surface area (TPSA) is 3.24 Å². The van der Waals surface area contributed by atoms with Gasteiger partial charge in [0.05, 0.1) is 0 Å². The van der Waals surface area contributed by atoms with Gasteiger partial charge in [0.2, 0.25) is 0 Å². The van der Waals surface area contributed by atoms with Gasteiger partial charge in [-0.3, -0.25) is 0 Å². The van der Waals surface area contributed by atoms with Crippen molar-refractivity contribution in [1.29, 1.82) is 0 Å². The molecule has 0 aromatic rings. The van der Waals surface area contributed by atoms with Gasteiger partial charge in [0.25, 0.3) is 0 Å². The van der Waals surface area contributed by atoms with E-state index in [-0.39, 0.29) is 0 Å². The van der Waals surface area contributed by atoms with Crippen LogP contribution in [0.2, 0.25) is 0 Å². The number of unbranched alkanes of at least 4 members (excludes halogenated alkanes) is 4. The number of nitrogens with zero attached hydrogens (tertiary/aromatic N) is 1. The molecule has 0 atom stereocenters. The maximum Gasteiger partial charge on any atom is 0.00893 e. The third kappa shape index (κ3) is 5.87. The van der Waals surface area contributed by atoms with Crippen molar-refractivity contribution >= 4 is 0 Å². The summed E-state index contributed by atoms with van der Waals surface area (Å²) in [6.07, 6.45) is 20.9. The van der Waals surface area contributed by atoms with Gasteiger partial charge in [0.15, 0.2) is 0 Å². The molecule has 2 saturated carbocycles. The lowest BCUT2D eigenvalue weighted by Crippen LogP contribution is -2.34. The summed E-state index contributed by atoms with van der Waals surface area (Å²) in [6, 6.07) is 0.871. The van der Waals surface area contributed by atoms with Crippen LogP contribution in [-0.2, 0) is 0 Å². The van der Waals surface area contributed by atoms with Crippen LogP contribution in [0.15, 0.2) is 0 Å². The van der Waals surface area contributed by atoms with E-state index < -0.39 is 0 Å². The molecular formula is C21H41N. The molecule has 2 aliphatic rings. The standard InChI is InChI=1S/C21H41N/c1-4-5-6-7-8-9-18-10-12-19(13-11-18)20-14-16-21(17-15-20)22(2)3/h18-21H,4-17H2,1-3H3. The van der Waals surface area contributed by atoms with Gasteiger partial charge in [0.1, 0.15) is 0 Å². The van der Waals surface area contributed by atoms with Crippen LogP contribution in [0.3, 0.4) is 0 Å². The lowest BCUT2D eigenvalue weighted by atomic mass is 9.69. The van der Waals surface area contributed by atoms with Crippen LogP contribution in [0.1, 0.15) is 96.8 Å². The van der Waals surface area contributed by atoms with E-state index in [0.29, 0.717) is 0 Å². The van der Waals surface area contributed by atoms with Crippen molar-refractivity contribution in [2.75, 3.05) is 14.1 Å². The highest BCUT2D eigenvalue weighted by Gasteiger charge is 2.31. The van der Waals surface area contributed by atoms with Crippen LogP contribution in [-0.4, -0.2) is 25.0 Å². The molecule has 22 heavy (non-hydrogen) atoms. The highest BCUT2D eigenvalue weighted by molar-refractivity contribution is 4.84. The Labute approximate surface area is 140 Å². The fraction of sp³-hybridized carbons (Fsp3) is 1.00. The van der Waals surface area contributed by atoms with Gasteiger partial charge in [-0.25, -0.2) is 0 Å². The van der Waals surface area contributed by atoms with Crippen LogP contribution in [0.25, 0.3) is 0 Å². The molecule has 0 amide bonds. The Morgan fingerprint density at radius 2 is 1.23 bits per heavy atom. The number of hydrogen-bond donors (Lipinski definition) is 0. The molecule has 0 N–H and O–H groups in total. The summed E-state index contributed by atoms with van der Waals surface area (Å²) in [5.41, 5.74) is 0. The summed E-state index contributed by atoms with van der Waals surface area (Å²) in [5, 5.41) is 0. The smallest absolute Gasteiger partial charge is 0.00893 e. The highest BCUT2D eigenvalue weighted by atomic mass is 15.1. The van der Waals surface area contributed by atoms with Crippen LogP contribution in [0, 0.1) is 17.8 Å². The summed E-state index contributed by atoms with van der Waals surface area (Å²) in [7, 11) is 4.52. The molecule has 0 unspecified atom stereocenters. The zero-order valence-electron chi connectivity index (χ0n) is 15.7. The van der Waals surface area contributed by atoms with Gasteiger partial charge < -0.3 is 4.90 Å². The van der Waals surface area contributed by atoms with Crippen LogP contribution in [0.5, 0.6) is 0 Å². The molecule has 1 nitrogen and oxygen atoms in total. The van der Waals surface area contributed by atoms with Gasteiger partial charge in [0, 0.05) is 6.04 Å². The van der Waals surface area contributed by atoms with E-state index in [1.54, 1.807) is 25.7 Å². The second kappa shape index (κ2) is 9.96. The molecule has 0 aromatic carbocycles. The summed E-state index contributed by atoms with van der Waals surface area (Å²) in [4.78, 5) is 2.45. The Kier molecular flexibility index (Phi) is 8.28. The van der Waals surface area contributed by atoms with Gasteiger partial charge in [-0.05, 0) is 70.4 Å². The van der Waals surface area contributed by atoms with Crippen molar-refractivity contribution in [2.24, 2.45) is 17.8 Å². The lowest BCUT2D eigenvalue weighted by Gasteiger charge is -2.39. The van der Waals surface area contributed by atoms with Gasteiger partial charge in [-0.1, -0.05) is 58.3 Å². The monoisotopic (exact) mass is 307 g/mol. The van der Waals surface area contributed by atoms with E-state index >= 15 is 0 Å². The third-order valence-corrected chi connectivity index (χ3v) is 6.75. The molecule has 0 radical (unpaired) electrons. The van der Waals surface area contributed by atoms with Crippen molar-refractivity contribution in [2.45, 2.75) is 103 Å². The molecule has 2 aliphatic carbocycles. The Bertz CT molecular complexity index is 270. The summed E-state index contributed by atoms with van der Waals surface area (Å²) < 4.78 is 0.